The molecular formula is C24H23N3O. The fraction of sp³-hybridized carbons (Fsp3) is 0.167. The maximum absolute atomic E-state index is 12.0. The van der Waals surface area contributed by atoms with Crippen LogP contribution in [0.1, 0.15) is 29.3 Å². The zero-order chi connectivity index (χ0) is 20.1. The van der Waals surface area contributed by atoms with E-state index in [0.717, 1.165) is 27.8 Å². The number of amides is 1. The fourth-order valence-corrected chi connectivity index (χ4v) is 2.96. The second kappa shape index (κ2) is 8.51. The highest BCUT2D eigenvalue weighted by Gasteiger charge is 2.13. The fourth-order valence-electron chi connectivity index (χ4n) is 2.96. The van der Waals surface area contributed by atoms with Crippen LogP contribution in [0.3, 0.4) is 0 Å². The molecule has 0 saturated heterocycles. The van der Waals surface area contributed by atoms with E-state index in [1.54, 1.807) is 13.0 Å². The molecule has 1 amide bonds. The van der Waals surface area contributed by atoms with Gasteiger partial charge in [-0.3, -0.25) is 4.79 Å². The predicted molar refractivity (Wildman–Crippen MR) is 114 cm³/mol. The van der Waals surface area contributed by atoms with Gasteiger partial charge in [0.15, 0.2) is 0 Å². The van der Waals surface area contributed by atoms with Crippen molar-refractivity contribution in [3.8, 4) is 23.0 Å². The van der Waals surface area contributed by atoms with Crippen molar-refractivity contribution in [2.75, 3.05) is 5.32 Å². The Morgan fingerprint density at radius 2 is 1.64 bits per heavy atom. The zero-order valence-electron chi connectivity index (χ0n) is 16.3. The molecule has 4 nitrogen and oxygen atoms in total. The lowest BCUT2D eigenvalue weighted by atomic mass is 9.94. The van der Waals surface area contributed by atoms with E-state index in [1.165, 1.54) is 0 Å². The Hall–Kier alpha value is -3.42. The minimum Gasteiger partial charge on any atom is -0.320 e. The van der Waals surface area contributed by atoms with Gasteiger partial charge in [-0.2, -0.15) is 0 Å². The molecule has 0 spiro atoms. The molecule has 1 aromatic heterocycles. The van der Waals surface area contributed by atoms with E-state index >= 15 is 0 Å². The number of carbonyl (C=O) groups is 1. The average Bonchev–Trinajstić information content (AvgIpc) is 2.68. The van der Waals surface area contributed by atoms with Crippen LogP contribution in [0.5, 0.6) is 0 Å². The third-order valence-electron chi connectivity index (χ3n) is 4.41. The van der Waals surface area contributed by atoms with Crippen molar-refractivity contribution >= 4 is 11.7 Å². The van der Waals surface area contributed by atoms with Crippen molar-refractivity contribution in [3.63, 3.8) is 0 Å². The van der Waals surface area contributed by atoms with Gasteiger partial charge in [0.1, 0.15) is 11.5 Å². The summed E-state index contributed by atoms with van der Waals surface area (Å²) in [7, 11) is 0. The third kappa shape index (κ3) is 4.46. The van der Waals surface area contributed by atoms with E-state index in [2.05, 4.69) is 48.1 Å². The number of nitrogens with two attached hydrogens (primary N) is 1. The van der Waals surface area contributed by atoms with Gasteiger partial charge in [-0.1, -0.05) is 42.3 Å². The summed E-state index contributed by atoms with van der Waals surface area (Å²) in [5, 5.41) is 2.75. The van der Waals surface area contributed by atoms with Gasteiger partial charge in [0.25, 0.3) is 0 Å². The standard InChI is InChI=1S/C24H23N3O/c1-16-8-7-9-17(2)23(16)20-13-15-22(27-24(28)18(3)25)26-21(20)14-12-19-10-5-4-6-11-19/h4-11,13,15,18H,25H2,1-3H3,(H,26,27,28). The maximum Gasteiger partial charge on any atom is 0.242 e. The molecule has 2 aromatic carbocycles. The molecule has 0 radical (unpaired) electrons. The van der Waals surface area contributed by atoms with Crippen LogP contribution in [-0.4, -0.2) is 16.9 Å². The number of benzene rings is 2. The summed E-state index contributed by atoms with van der Waals surface area (Å²) in [6, 6.07) is 19.1. The Labute approximate surface area is 165 Å². The first-order chi connectivity index (χ1) is 13.5. The molecule has 3 rings (SSSR count). The molecule has 1 unspecified atom stereocenters. The van der Waals surface area contributed by atoms with Crippen molar-refractivity contribution in [1.82, 2.24) is 4.98 Å². The summed E-state index contributed by atoms with van der Waals surface area (Å²) >= 11 is 0. The number of nitrogens with zero attached hydrogens (tertiary/aromatic N) is 1. The van der Waals surface area contributed by atoms with Crippen LogP contribution in [0.4, 0.5) is 5.82 Å². The van der Waals surface area contributed by atoms with Gasteiger partial charge in [0, 0.05) is 11.1 Å². The number of pyridine rings is 1. The van der Waals surface area contributed by atoms with Crippen molar-refractivity contribution in [3.05, 3.63) is 83.0 Å². The van der Waals surface area contributed by atoms with Gasteiger partial charge in [0.05, 0.1) is 6.04 Å². The number of nitrogens with one attached hydrogen (secondary N) is 1. The lowest BCUT2D eigenvalue weighted by Crippen LogP contribution is -2.32. The molecule has 0 bridgehead atoms. The first-order valence-corrected chi connectivity index (χ1v) is 9.17. The second-order valence-electron chi connectivity index (χ2n) is 6.75. The van der Waals surface area contributed by atoms with E-state index in [1.807, 2.05) is 42.5 Å². The number of hydrogen-bond acceptors (Lipinski definition) is 3. The van der Waals surface area contributed by atoms with Gasteiger partial charge in [0.2, 0.25) is 5.91 Å². The summed E-state index contributed by atoms with van der Waals surface area (Å²) in [6.07, 6.45) is 0. The molecule has 3 aromatic rings. The summed E-state index contributed by atoms with van der Waals surface area (Å²) in [5.41, 5.74) is 11.5. The van der Waals surface area contributed by atoms with Crippen molar-refractivity contribution in [2.24, 2.45) is 5.73 Å². The van der Waals surface area contributed by atoms with Crippen molar-refractivity contribution in [1.29, 1.82) is 0 Å². The quantitative estimate of drug-likeness (QED) is 0.685. The minimum absolute atomic E-state index is 0.283. The Bertz CT molecular complexity index is 1040. The molecule has 1 atom stereocenters. The second-order valence-corrected chi connectivity index (χ2v) is 6.75. The maximum atomic E-state index is 12.0. The molecule has 28 heavy (non-hydrogen) atoms. The van der Waals surface area contributed by atoms with Gasteiger partial charge in [-0.15, -0.1) is 0 Å². The minimum atomic E-state index is -0.612. The SMILES string of the molecule is Cc1cccc(C)c1-c1ccc(NC(=O)C(C)N)nc1C#Cc1ccccc1. The molecule has 140 valence electrons. The summed E-state index contributed by atoms with van der Waals surface area (Å²) in [4.78, 5) is 16.6. The van der Waals surface area contributed by atoms with Gasteiger partial charge >= 0.3 is 0 Å². The largest absolute Gasteiger partial charge is 0.320 e. The van der Waals surface area contributed by atoms with E-state index in [0.29, 0.717) is 11.5 Å². The predicted octanol–water partition coefficient (Wildman–Crippen LogP) is 4.05. The highest BCUT2D eigenvalue weighted by Crippen LogP contribution is 2.30. The number of hydrogen-bond donors (Lipinski definition) is 2. The van der Waals surface area contributed by atoms with E-state index in [-0.39, 0.29) is 5.91 Å². The van der Waals surface area contributed by atoms with Gasteiger partial charge in [-0.05, 0) is 67.6 Å². The van der Waals surface area contributed by atoms with Crippen LogP contribution < -0.4 is 11.1 Å². The smallest absolute Gasteiger partial charge is 0.242 e. The number of anilines is 1. The number of carbonyl (C=O) groups excluding carboxylic acids is 1. The molecule has 0 aliphatic carbocycles. The van der Waals surface area contributed by atoms with E-state index < -0.39 is 6.04 Å². The Morgan fingerprint density at radius 3 is 2.29 bits per heavy atom. The molecule has 3 N–H and O–H groups in total. The van der Waals surface area contributed by atoms with Crippen molar-refractivity contribution < 1.29 is 4.79 Å². The lowest BCUT2D eigenvalue weighted by molar-refractivity contribution is -0.117. The molecule has 0 saturated carbocycles. The van der Waals surface area contributed by atoms with Gasteiger partial charge in [-0.25, -0.2) is 4.98 Å². The zero-order valence-corrected chi connectivity index (χ0v) is 16.3. The molecular weight excluding hydrogens is 346 g/mol. The average molecular weight is 369 g/mol. The topological polar surface area (TPSA) is 68.0 Å². The van der Waals surface area contributed by atoms with Crippen LogP contribution >= 0.6 is 0 Å². The molecule has 4 heteroatoms. The number of aromatic nitrogens is 1. The normalized spacial score (nSPS) is 11.3. The van der Waals surface area contributed by atoms with Crippen LogP contribution in [0.2, 0.25) is 0 Å². The molecule has 1 heterocycles. The van der Waals surface area contributed by atoms with Gasteiger partial charge < -0.3 is 11.1 Å². The summed E-state index contributed by atoms with van der Waals surface area (Å²) in [6.45, 7) is 5.78. The Kier molecular flexibility index (Phi) is 5.88. The molecule has 0 aliphatic heterocycles. The molecule has 0 fully saturated rings. The van der Waals surface area contributed by atoms with Crippen LogP contribution in [0.15, 0.2) is 60.7 Å². The van der Waals surface area contributed by atoms with Crippen LogP contribution in [-0.2, 0) is 4.79 Å². The van der Waals surface area contributed by atoms with Crippen LogP contribution in [0, 0.1) is 25.7 Å². The lowest BCUT2D eigenvalue weighted by Gasteiger charge is -2.13. The van der Waals surface area contributed by atoms with E-state index in [9.17, 15) is 4.79 Å². The van der Waals surface area contributed by atoms with Crippen LogP contribution in [0.25, 0.3) is 11.1 Å². The third-order valence-corrected chi connectivity index (χ3v) is 4.41. The highest BCUT2D eigenvalue weighted by molar-refractivity contribution is 5.94. The van der Waals surface area contributed by atoms with E-state index in [4.69, 9.17) is 5.73 Å². The first kappa shape index (κ1) is 19.3. The monoisotopic (exact) mass is 369 g/mol. The Balaban J connectivity index is 2.11. The first-order valence-electron chi connectivity index (χ1n) is 9.17. The molecule has 0 aliphatic rings. The number of aryl methyl sites for hydroxylation is 2. The summed E-state index contributed by atoms with van der Waals surface area (Å²) < 4.78 is 0. The highest BCUT2D eigenvalue weighted by atomic mass is 16.2. The Morgan fingerprint density at radius 1 is 0.964 bits per heavy atom. The van der Waals surface area contributed by atoms with Crippen molar-refractivity contribution in [2.45, 2.75) is 26.8 Å². The number of rotatable bonds is 3. The summed E-state index contributed by atoms with van der Waals surface area (Å²) in [5.74, 6) is 6.50.